The van der Waals surface area contributed by atoms with Crippen LogP contribution in [-0.4, -0.2) is 41.4 Å². The van der Waals surface area contributed by atoms with E-state index in [1.165, 1.54) is 0 Å². The van der Waals surface area contributed by atoms with Crippen LogP contribution in [0.5, 0.6) is 5.75 Å². The lowest BCUT2D eigenvalue weighted by molar-refractivity contribution is -0.0324. The smallest absolute Gasteiger partial charge is 0.192 e. The van der Waals surface area contributed by atoms with Gasteiger partial charge in [0, 0.05) is 7.11 Å². The van der Waals surface area contributed by atoms with Crippen molar-refractivity contribution in [3.8, 4) is 5.75 Å². The molecule has 2 atom stereocenters. The van der Waals surface area contributed by atoms with Gasteiger partial charge in [-0.25, -0.2) is 0 Å². The van der Waals surface area contributed by atoms with Crippen molar-refractivity contribution < 1.29 is 18.6 Å². The highest BCUT2D eigenvalue weighted by atomic mass is 28.4. The van der Waals surface area contributed by atoms with Crippen LogP contribution in [0.2, 0.25) is 18.1 Å². The molecule has 0 saturated carbocycles. The highest BCUT2D eigenvalue weighted by Gasteiger charge is 2.34. The number of benzene rings is 1. The molecular weight excluding hydrogens is 332 g/mol. The predicted octanol–water partition coefficient (Wildman–Crippen LogP) is 4.80. The Kier molecular flexibility index (Phi) is 10.0. The zero-order valence-electron chi connectivity index (χ0n) is 16.4. The first-order valence-electron chi connectivity index (χ1n) is 9.11. The summed E-state index contributed by atoms with van der Waals surface area (Å²) >= 11 is 0. The summed E-state index contributed by atoms with van der Waals surface area (Å²) < 4.78 is 23.3. The van der Waals surface area contributed by atoms with Crippen molar-refractivity contribution >= 4 is 8.32 Å². The van der Waals surface area contributed by atoms with E-state index in [0.717, 1.165) is 29.4 Å². The lowest BCUT2D eigenvalue weighted by atomic mass is 10.2. The van der Waals surface area contributed by atoms with Gasteiger partial charge in [-0.1, -0.05) is 39.0 Å². The molecule has 0 aliphatic carbocycles. The number of hydrogen-bond donors (Lipinski definition) is 0. The highest BCUT2D eigenvalue weighted by molar-refractivity contribution is 6.73. The van der Waals surface area contributed by atoms with Gasteiger partial charge < -0.3 is 18.6 Å². The third-order valence-electron chi connectivity index (χ3n) is 4.92. The van der Waals surface area contributed by atoms with Gasteiger partial charge in [-0.15, -0.1) is 6.58 Å². The van der Waals surface area contributed by atoms with E-state index in [2.05, 4.69) is 27.4 Å². The minimum absolute atomic E-state index is 0.118. The van der Waals surface area contributed by atoms with Crippen LogP contribution in [0.25, 0.3) is 0 Å². The van der Waals surface area contributed by atoms with Gasteiger partial charge in [0.25, 0.3) is 0 Å². The molecule has 1 aromatic carbocycles. The average molecular weight is 367 g/mol. The van der Waals surface area contributed by atoms with Crippen LogP contribution in [0.3, 0.4) is 0 Å². The molecule has 0 saturated heterocycles. The van der Waals surface area contributed by atoms with Gasteiger partial charge in [0.05, 0.1) is 26.4 Å². The number of ether oxygens (including phenoxy) is 3. The lowest BCUT2D eigenvalue weighted by Crippen LogP contribution is -2.46. The van der Waals surface area contributed by atoms with Crippen molar-refractivity contribution in [1.82, 2.24) is 0 Å². The van der Waals surface area contributed by atoms with Gasteiger partial charge in [-0.3, -0.25) is 0 Å². The maximum atomic E-state index is 6.60. The number of hydrogen-bond acceptors (Lipinski definition) is 4. The van der Waals surface area contributed by atoms with Crippen LogP contribution in [0.1, 0.15) is 26.3 Å². The summed E-state index contributed by atoms with van der Waals surface area (Å²) in [5, 5.41) is 0. The van der Waals surface area contributed by atoms with Gasteiger partial charge in [-0.2, -0.15) is 0 Å². The molecule has 0 heterocycles. The van der Waals surface area contributed by atoms with E-state index in [1.54, 1.807) is 14.2 Å². The van der Waals surface area contributed by atoms with Crippen LogP contribution in [0, 0.1) is 0 Å². The second-order valence-electron chi connectivity index (χ2n) is 6.20. The minimum Gasteiger partial charge on any atom is -0.497 e. The van der Waals surface area contributed by atoms with Gasteiger partial charge in [0.2, 0.25) is 0 Å². The fraction of sp³-hybridized carbons (Fsp3) is 0.600. The molecule has 25 heavy (non-hydrogen) atoms. The summed E-state index contributed by atoms with van der Waals surface area (Å²) in [5.74, 6) is 0.848. The molecule has 4 nitrogen and oxygen atoms in total. The van der Waals surface area contributed by atoms with Gasteiger partial charge >= 0.3 is 0 Å². The van der Waals surface area contributed by atoms with Crippen molar-refractivity contribution in [2.45, 2.75) is 57.7 Å². The fourth-order valence-corrected chi connectivity index (χ4v) is 5.78. The Labute approximate surface area is 154 Å². The van der Waals surface area contributed by atoms with E-state index < -0.39 is 8.32 Å². The third kappa shape index (κ3) is 6.59. The summed E-state index contributed by atoms with van der Waals surface area (Å²) in [6.45, 7) is 11.6. The van der Waals surface area contributed by atoms with Crippen molar-refractivity contribution in [3.05, 3.63) is 42.5 Å². The topological polar surface area (TPSA) is 36.9 Å². The molecule has 0 fully saturated rings. The van der Waals surface area contributed by atoms with Crippen molar-refractivity contribution in [2.75, 3.05) is 20.8 Å². The van der Waals surface area contributed by atoms with E-state index in [4.69, 9.17) is 18.6 Å². The zero-order chi connectivity index (χ0) is 18.7. The first-order valence-corrected chi connectivity index (χ1v) is 11.6. The summed E-state index contributed by atoms with van der Waals surface area (Å²) in [6.07, 6.45) is 1.53. The second-order valence-corrected chi connectivity index (χ2v) is 10.9. The molecule has 0 aromatic heterocycles. The molecule has 0 aliphatic rings. The second kappa shape index (κ2) is 11.5. The third-order valence-corrected chi connectivity index (χ3v) is 9.58. The molecule has 0 spiro atoms. The Bertz CT molecular complexity index is 477. The molecule has 0 amide bonds. The Morgan fingerprint density at radius 3 is 2.08 bits per heavy atom. The SMILES string of the molecule is C=C[C@H](OC)[C@@H](COCc1ccc(OC)cc1)O[Si](CC)(CC)CC. The minimum atomic E-state index is -1.74. The van der Waals surface area contributed by atoms with Gasteiger partial charge in [0.1, 0.15) is 11.9 Å². The molecule has 0 bridgehead atoms. The molecule has 1 aromatic rings. The van der Waals surface area contributed by atoms with Gasteiger partial charge in [0.15, 0.2) is 8.32 Å². The largest absolute Gasteiger partial charge is 0.497 e. The molecular formula is C20H34O4Si. The summed E-state index contributed by atoms with van der Waals surface area (Å²) in [5.41, 5.74) is 1.11. The van der Waals surface area contributed by atoms with Crippen LogP contribution in [-0.2, 0) is 20.5 Å². The normalized spacial score (nSPS) is 14.1. The summed E-state index contributed by atoms with van der Waals surface area (Å²) in [6, 6.07) is 11.2. The van der Waals surface area contributed by atoms with E-state index in [0.29, 0.717) is 13.2 Å². The quantitative estimate of drug-likeness (QED) is 0.371. The average Bonchev–Trinajstić information content (AvgIpc) is 2.67. The van der Waals surface area contributed by atoms with Crippen molar-refractivity contribution in [1.29, 1.82) is 0 Å². The lowest BCUT2D eigenvalue weighted by Gasteiger charge is -2.35. The Morgan fingerprint density at radius 1 is 1.04 bits per heavy atom. The zero-order valence-corrected chi connectivity index (χ0v) is 17.4. The van der Waals surface area contributed by atoms with Crippen LogP contribution >= 0.6 is 0 Å². The first-order chi connectivity index (χ1) is 12.1. The Balaban J connectivity index is 2.71. The van der Waals surface area contributed by atoms with Crippen LogP contribution < -0.4 is 4.74 Å². The maximum Gasteiger partial charge on any atom is 0.192 e. The van der Waals surface area contributed by atoms with Crippen molar-refractivity contribution in [3.63, 3.8) is 0 Å². The standard InChI is InChI=1S/C20H34O4Si/c1-7-19(22-6)20(24-25(8-2,9-3)10-4)16-23-15-17-11-13-18(21-5)14-12-17/h7,11-14,19-20H,1,8-10,15-16H2,2-6H3/t19-,20+/m0/s1. The fourth-order valence-electron chi connectivity index (χ4n) is 2.93. The molecule has 1 rings (SSSR count). The molecule has 0 aliphatic heterocycles. The Hall–Kier alpha value is -1.14. The number of rotatable bonds is 13. The highest BCUT2D eigenvalue weighted by Crippen LogP contribution is 2.25. The molecule has 0 radical (unpaired) electrons. The molecule has 0 N–H and O–H groups in total. The van der Waals surface area contributed by atoms with Crippen LogP contribution in [0.4, 0.5) is 0 Å². The summed E-state index contributed by atoms with van der Waals surface area (Å²) in [4.78, 5) is 0. The predicted molar refractivity (Wildman–Crippen MR) is 106 cm³/mol. The molecule has 0 unspecified atom stereocenters. The van der Waals surface area contributed by atoms with E-state index >= 15 is 0 Å². The first kappa shape index (κ1) is 21.9. The monoisotopic (exact) mass is 366 g/mol. The molecule has 142 valence electrons. The van der Waals surface area contributed by atoms with E-state index in [9.17, 15) is 0 Å². The number of methoxy groups -OCH3 is 2. The van der Waals surface area contributed by atoms with Crippen LogP contribution in [0.15, 0.2) is 36.9 Å². The van der Waals surface area contributed by atoms with E-state index in [-0.39, 0.29) is 12.2 Å². The summed E-state index contributed by atoms with van der Waals surface area (Å²) in [7, 11) is 1.62. The van der Waals surface area contributed by atoms with Crippen molar-refractivity contribution in [2.24, 2.45) is 0 Å². The maximum absolute atomic E-state index is 6.60. The Morgan fingerprint density at radius 2 is 1.64 bits per heavy atom. The molecule has 5 heteroatoms. The van der Waals surface area contributed by atoms with Gasteiger partial charge in [-0.05, 0) is 35.8 Å². The van der Waals surface area contributed by atoms with E-state index in [1.807, 2.05) is 30.3 Å².